The molecule has 0 aliphatic rings. The lowest BCUT2D eigenvalue weighted by Crippen LogP contribution is -2.26. The van der Waals surface area contributed by atoms with E-state index in [0.717, 1.165) is 27.8 Å². The average molecular weight is 443 g/mol. The number of benzene rings is 3. The van der Waals surface area contributed by atoms with Gasteiger partial charge in [0.2, 0.25) is 0 Å². The smallest absolute Gasteiger partial charge is 0.410 e. The Morgan fingerprint density at radius 1 is 0.970 bits per heavy atom. The van der Waals surface area contributed by atoms with Crippen LogP contribution in [0, 0.1) is 0 Å². The fourth-order valence-corrected chi connectivity index (χ4v) is 3.49. The highest BCUT2D eigenvalue weighted by Gasteiger charge is 2.13. The average Bonchev–Trinajstić information content (AvgIpc) is 3.22. The molecule has 3 aromatic carbocycles. The zero-order valence-electron chi connectivity index (χ0n) is 18.6. The van der Waals surface area contributed by atoms with E-state index in [1.54, 1.807) is 26.2 Å². The minimum absolute atomic E-state index is 0.144. The second kappa shape index (κ2) is 9.91. The molecule has 0 fully saturated rings. The van der Waals surface area contributed by atoms with Gasteiger partial charge in [-0.2, -0.15) is 0 Å². The van der Waals surface area contributed by atoms with E-state index in [1.807, 2.05) is 66.9 Å². The van der Waals surface area contributed by atoms with Crippen LogP contribution < -0.4 is 15.4 Å². The summed E-state index contributed by atoms with van der Waals surface area (Å²) in [6.45, 7) is 0.465. The number of H-pyrrole nitrogens is 1. The number of ether oxygens (including phenoxy) is 1. The molecule has 0 radical (unpaired) electrons. The van der Waals surface area contributed by atoms with Gasteiger partial charge in [-0.05, 0) is 54.4 Å². The summed E-state index contributed by atoms with van der Waals surface area (Å²) in [5.41, 5.74) is 4.23. The molecule has 4 rings (SSSR count). The lowest BCUT2D eigenvalue weighted by molar-refractivity contribution is 0.0955. The van der Waals surface area contributed by atoms with Gasteiger partial charge in [0.15, 0.2) is 0 Å². The highest BCUT2D eigenvalue weighted by molar-refractivity contribution is 6.00. The number of carbonyl (C=O) groups excluding carboxylic acids is 2. The Labute approximate surface area is 192 Å². The van der Waals surface area contributed by atoms with Crippen molar-refractivity contribution < 1.29 is 14.3 Å². The van der Waals surface area contributed by atoms with Gasteiger partial charge in [-0.25, -0.2) is 4.79 Å². The zero-order valence-corrected chi connectivity index (χ0v) is 18.6. The van der Waals surface area contributed by atoms with Crippen molar-refractivity contribution in [3.63, 3.8) is 0 Å². The minimum Gasteiger partial charge on any atom is -0.410 e. The van der Waals surface area contributed by atoms with E-state index in [0.29, 0.717) is 24.3 Å². The summed E-state index contributed by atoms with van der Waals surface area (Å²) in [7, 11) is 3.28. The molecule has 1 heterocycles. The van der Waals surface area contributed by atoms with Gasteiger partial charge in [0.05, 0.1) is 11.3 Å². The summed E-state index contributed by atoms with van der Waals surface area (Å²) < 4.78 is 5.37. The Kier molecular flexibility index (Phi) is 6.59. The number of anilines is 2. The van der Waals surface area contributed by atoms with Gasteiger partial charge < -0.3 is 25.3 Å². The predicted molar refractivity (Wildman–Crippen MR) is 130 cm³/mol. The summed E-state index contributed by atoms with van der Waals surface area (Å²) in [5.74, 6) is 0.335. The van der Waals surface area contributed by atoms with E-state index in [9.17, 15) is 9.59 Å². The van der Waals surface area contributed by atoms with Crippen LogP contribution in [0.2, 0.25) is 0 Å². The van der Waals surface area contributed by atoms with E-state index in [2.05, 4.69) is 15.6 Å². The first kappa shape index (κ1) is 22.0. The Morgan fingerprint density at radius 3 is 2.52 bits per heavy atom. The number of carbonyl (C=O) groups is 2. The van der Waals surface area contributed by atoms with E-state index < -0.39 is 6.09 Å². The normalized spacial score (nSPS) is 10.6. The molecule has 7 heteroatoms. The van der Waals surface area contributed by atoms with Crippen molar-refractivity contribution in [2.45, 2.75) is 6.42 Å². The third-order valence-corrected chi connectivity index (χ3v) is 5.21. The van der Waals surface area contributed by atoms with Crippen molar-refractivity contribution in [2.75, 3.05) is 26.0 Å². The number of para-hydroxylation sites is 2. The van der Waals surface area contributed by atoms with Crippen molar-refractivity contribution in [2.24, 2.45) is 0 Å². The number of rotatable bonds is 7. The molecular weight excluding hydrogens is 416 g/mol. The lowest BCUT2D eigenvalue weighted by Gasteiger charge is -2.12. The summed E-state index contributed by atoms with van der Waals surface area (Å²) in [6, 6.07) is 22.6. The van der Waals surface area contributed by atoms with Crippen LogP contribution in [0.5, 0.6) is 5.75 Å². The molecule has 0 bridgehead atoms. The molecular formula is C26H26N4O3. The maximum atomic E-state index is 12.9. The van der Waals surface area contributed by atoms with Crippen molar-refractivity contribution in [1.82, 2.24) is 15.2 Å². The number of amides is 2. The molecule has 0 saturated carbocycles. The van der Waals surface area contributed by atoms with Gasteiger partial charge in [0.25, 0.3) is 5.91 Å². The van der Waals surface area contributed by atoms with Crippen molar-refractivity contribution in [1.29, 1.82) is 0 Å². The Morgan fingerprint density at radius 2 is 1.73 bits per heavy atom. The molecule has 2 amide bonds. The fourth-order valence-electron chi connectivity index (χ4n) is 3.49. The van der Waals surface area contributed by atoms with Crippen LogP contribution >= 0.6 is 0 Å². The molecule has 3 N–H and O–H groups in total. The van der Waals surface area contributed by atoms with Gasteiger partial charge >= 0.3 is 6.09 Å². The van der Waals surface area contributed by atoms with Crippen LogP contribution in [-0.4, -0.2) is 42.5 Å². The summed E-state index contributed by atoms with van der Waals surface area (Å²) >= 11 is 0. The van der Waals surface area contributed by atoms with Crippen LogP contribution in [0.25, 0.3) is 10.9 Å². The molecule has 33 heavy (non-hydrogen) atoms. The quantitative estimate of drug-likeness (QED) is 0.378. The fraction of sp³-hybridized carbons (Fsp3) is 0.154. The molecule has 0 aliphatic carbocycles. The molecule has 1 aromatic heterocycles. The van der Waals surface area contributed by atoms with Crippen LogP contribution in [0.1, 0.15) is 15.9 Å². The van der Waals surface area contributed by atoms with Gasteiger partial charge in [0, 0.05) is 43.4 Å². The molecule has 168 valence electrons. The minimum atomic E-state index is -0.429. The number of hydrogen-bond acceptors (Lipinski definition) is 4. The summed E-state index contributed by atoms with van der Waals surface area (Å²) in [5, 5.41) is 7.26. The first-order chi connectivity index (χ1) is 16.0. The van der Waals surface area contributed by atoms with Gasteiger partial charge in [-0.3, -0.25) is 4.79 Å². The number of aromatic nitrogens is 1. The van der Waals surface area contributed by atoms with Gasteiger partial charge in [-0.1, -0.05) is 30.3 Å². The third kappa shape index (κ3) is 5.33. The standard InChI is InChI=1S/C26H26N4O3/c1-30(2)26(32)33-20-12-13-23-22(16-20)18(17-28-23)14-15-27-25(31)21-10-6-7-11-24(21)29-19-8-4-3-5-9-19/h3-13,16-17,28-29H,14-15H2,1-2H3,(H,27,31). The summed E-state index contributed by atoms with van der Waals surface area (Å²) in [4.78, 5) is 29.3. The third-order valence-electron chi connectivity index (χ3n) is 5.21. The Bertz CT molecular complexity index is 1270. The number of fused-ring (bicyclic) bond motifs is 1. The first-order valence-electron chi connectivity index (χ1n) is 10.7. The Hall–Kier alpha value is -4.26. The highest BCUT2D eigenvalue weighted by Crippen LogP contribution is 2.25. The SMILES string of the molecule is CN(C)C(=O)Oc1ccc2[nH]cc(CCNC(=O)c3ccccc3Nc3ccccc3)c2c1. The van der Waals surface area contributed by atoms with Crippen LogP contribution in [-0.2, 0) is 6.42 Å². The number of aromatic amines is 1. The van der Waals surface area contributed by atoms with Crippen LogP contribution in [0.15, 0.2) is 79.0 Å². The summed E-state index contributed by atoms with van der Waals surface area (Å²) in [6.07, 6.45) is 2.12. The van der Waals surface area contributed by atoms with Gasteiger partial charge in [-0.15, -0.1) is 0 Å². The maximum absolute atomic E-state index is 12.9. The molecule has 7 nitrogen and oxygen atoms in total. The topological polar surface area (TPSA) is 86.5 Å². The first-order valence-corrected chi connectivity index (χ1v) is 10.7. The number of nitrogens with one attached hydrogen (secondary N) is 3. The second-order valence-corrected chi connectivity index (χ2v) is 7.83. The predicted octanol–water partition coefficient (Wildman–Crippen LogP) is 4.94. The van der Waals surface area contributed by atoms with E-state index in [-0.39, 0.29) is 5.91 Å². The largest absolute Gasteiger partial charge is 0.414 e. The Balaban J connectivity index is 1.41. The van der Waals surface area contributed by atoms with E-state index >= 15 is 0 Å². The molecule has 0 aliphatic heterocycles. The zero-order chi connectivity index (χ0) is 23.2. The monoisotopic (exact) mass is 442 g/mol. The number of nitrogens with zero attached hydrogens (tertiary/aromatic N) is 1. The molecule has 0 unspecified atom stereocenters. The van der Waals surface area contributed by atoms with E-state index in [4.69, 9.17) is 4.74 Å². The second-order valence-electron chi connectivity index (χ2n) is 7.83. The van der Waals surface area contributed by atoms with Crippen molar-refractivity contribution in [3.8, 4) is 5.75 Å². The van der Waals surface area contributed by atoms with Crippen LogP contribution in [0.4, 0.5) is 16.2 Å². The van der Waals surface area contributed by atoms with Crippen molar-refractivity contribution in [3.05, 3.63) is 90.1 Å². The molecule has 4 aromatic rings. The van der Waals surface area contributed by atoms with E-state index in [1.165, 1.54) is 4.90 Å². The highest BCUT2D eigenvalue weighted by atomic mass is 16.6. The molecule has 0 saturated heterocycles. The molecule has 0 spiro atoms. The van der Waals surface area contributed by atoms with Crippen LogP contribution in [0.3, 0.4) is 0 Å². The van der Waals surface area contributed by atoms with Gasteiger partial charge in [0.1, 0.15) is 5.75 Å². The maximum Gasteiger partial charge on any atom is 0.414 e. The lowest BCUT2D eigenvalue weighted by atomic mass is 10.1. The van der Waals surface area contributed by atoms with Crippen molar-refractivity contribution >= 4 is 34.3 Å². The number of hydrogen-bond donors (Lipinski definition) is 3. The molecule has 0 atom stereocenters.